The predicted octanol–water partition coefficient (Wildman–Crippen LogP) is 5.36. The largest absolute Gasteiger partial charge is 0.371 e. The van der Waals surface area contributed by atoms with Gasteiger partial charge in [-0.3, -0.25) is 9.59 Å². The van der Waals surface area contributed by atoms with E-state index in [0.717, 1.165) is 48.9 Å². The summed E-state index contributed by atoms with van der Waals surface area (Å²) in [5.74, 6) is -0.240. The summed E-state index contributed by atoms with van der Waals surface area (Å²) < 4.78 is 0.742. The number of hydrogen-bond acceptors (Lipinski definition) is 3. The van der Waals surface area contributed by atoms with Crippen molar-refractivity contribution in [1.82, 2.24) is 5.32 Å². The fraction of sp³-hybridized carbons (Fsp3) is 0.417. The molecule has 5 nitrogen and oxygen atoms in total. The Morgan fingerprint density at radius 3 is 2.33 bits per heavy atom. The average Bonchev–Trinajstić information content (AvgIpc) is 3.29. The van der Waals surface area contributed by atoms with Crippen molar-refractivity contribution in [1.29, 1.82) is 0 Å². The van der Waals surface area contributed by atoms with Crippen molar-refractivity contribution in [2.45, 2.75) is 51.0 Å². The van der Waals surface area contributed by atoms with Crippen LogP contribution in [0, 0.1) is 0 Å². The van der Waals surface area contributed by atoms with Crippen LogP contribution in [0.3, 0.4) is 0 Å². The van der Waals surface area contributed by atoms with Crippen LogP contribution >= 0.6 is 15.9 Å². The molecule has 0 radical (unpaired) electrons. The molecule has 2 amide bonds. The number of amides is 2. The quantitative estimate of drug-likeness (QED) is 0.618. The van der Waals surface area contributed by atoms with E-state index in [-0.39, 0.29) is 17.9 Å². The SMILES string of the molecule is O=C(Nc1ccc(N2CCCC2)c(C(=O)NC2CCCCC2)c1)c1ccccc1Br. The molecule has 1 aliphatic carbocycles. The Kier molecular flexibility index (Phi) is 6.72. The first-order chi connectivity index (χ1) is 14.6. The molecule has 0 spiro atoms. The molecular formula is C24H28BrN3O2. The van der Waals surface area contributed by atoms with Gasteiger partial charge in [0.15, 0.2) is 0 Å². The van der Waals surface area contributed by atoms with Crippen molar-refractivity contribution in [3.63, 3.8) is 0 Å². The summed E-state index contributed by atoms with van der Waals surface area (Å²) in [6, 6.07) is 13.2. The maximum atomic E-state index is 13.2. The number of carbonyl (C=O) groups is 2. The van der Waals surface area contributed by atoms with E-state index < -0.39 is 0 Å². The molecule has 1 saturated carbocycles. The van der Waals surface area contributed by atoms with E-state index in [0.29, 0.717) is 16.8 Å². The highest BCUT2D eigenvalue weighted by Crippen LogP contribution is 2.29. The van der Waals surface area contributed by atoms with Gasteiger partial charge < -0.3 is 15.5 Å². The molecule has 30 heavy (non-hydrogen) atoms. The number of carbonyl (C=O) groups excluding carboxylic acids is 2. The van der Waals surface area contributed by atoms with Crippen molar-refractivity contribution < 1.29 is 9.59 Å². The summed E-state index contributed by atoms with van der Waals surface area (Å²) in [5, 5.41) is 6.18. The first-order valence-electron chi connectivity index (χ1n) is 10.9. The van der Waals surface area contributed by atoms with Gasteiger partial charge in [-0.15, -0.1) is 0 Å². The molecule has 1 heterocycles. The smallest absolute Gasteiger partial charge is 0.256 e. The van der Waals surface area contributed by atoms with Crippen molar-refractivity contribution in [3.05, 3.63) is 58.1 Å². The molecule has 0 unspecified atom stereocenters. The van der Waals surface area contributed by atoms with Gasteiger partial charge in [0.1, 0.15) is 0 Å². The van der Waals surface area contributed by atoms with E-state index in [1.165, 1.54) is 19.3 Å². The number of halogens is 1. The third kappa shape index (κ3) is 4.86. The van der Waals surface area contributed by atoms with E-state index in [4.69, 9.17) is 0 Å². The third-order valence-electron chi connectivity index (χ3n) is 6.00. The Bertz CT molecular complexity index is 918. The number of nitrogens with one attached hydrogen (secondary N) is 2. The molecule has 2 aromatic carbocycles. The van der Waals surface area contributed by atoms with Gasteiger partial charge in [-0.2, -0.15) is 0 Å². The van der Waals surface area contributed by atoms with Gasteiger partial charge in [0.05, 0.1) is 11.1 Å². The van der Waals surface area contributed by atoms with E-state index >= 15 is 0 Å². The molecule has 6 heteroatoms. The van der Waals surface area contributed by atoms with Crippen LogP contribution in [0.4, 0.5) is 11.4 Å². The Balaban J connectivity index is 1.57. The number of hydrogen-bond donors (Lipinski definition) is 2. The van der Waals surface area contributed by atoms with Crippen LogP contribution in [0.2, 0.25) is 0 Å². The molecular weight excluding hydrogens is 442 g/mol. The van der Waals surface area contributed by atoms with Crippen molar-refractivity contribution in [2.75, 3.05) is 23.3 Å². The molecule has 4 rings (SSSR count). The van der Waals surface area contributed by atoms with Crippen molar-refractivity contribution in [2.24, 2.45) is 0 Å². The number of rotatable bonds is 5. The van der Waals surface area contributed by atoms with Crippen LogP contribution < -0.4 is 15.5 Å². The van der Waals surface area contributed by atoms with Crippen LogP contribution in [-0.4, -0.2) is 30.9 Å². The van der Waals surface area contributed by atoms with Crippen molar-refractivity contribution >= 4 is 39.1 Å². The normalized spacial score (nSPS) is 17.0. The highest BCUT2D eigenvalue weighted by Gasteiger charge is 2.23. The van der Waals surface area contributed by atoms with E-state index in [9.17, 15) is 9.59 Å². The lowest BCUT2D eigenvalue weighted by molar-refractivity contribution is 0.0927. The molecule has 1 saturated heterocycles. The van der Waals surface area contributed by atoms with Crippen molar-refractivity contribution in [3.8, 4) is 0 Å². The topological polar surface area (TPSA) is 61.4 Å². The van der Waals surface area contributed by atoms with Crippen LogP contribution in [0.5, 0.6) is 0 Å². The molecule has 0 bridgehead atoms. The zero-order valence-electron chi connectivity index (χ0n) is 17.1. The molecule has 0 atom stereocenters. The van der Waals surface area contributed by atoms with Crippen LogP contribution in [0.15, 0.2) is 46.9 Å². The Labute approximate surface area is 186 Å². The second-order valence-corrected chi connectivity index (χ2v) is 9.02. The summed E-state index contributed by atoms with van der Waals surface area (Å²) in [4.78, 5) is 28.2. The van der Waals surface area contributed by atoms with Gasteiger partial charge >= 0.3 is 0 Å². The van der Waals surface area contributed by atoms with Crippen LogP contribution in [0.25, 0.3) is 0 Å². The lowest BCUT2D eigenvalue weighted by atomic mass is 9.95. The maximum absolute atomic E-state index is 13.2. The van der Waals surface area contributed by atoms with E-state index in [1.54, 1.807) is 6.07 Å². The zero-order valence-corrected chi connectivity index (χ0v) is 18.7. The van der Waals surface area contributed by atoms with Gasteiger partial charge in [0.2, 0.25) is 0 Å². The average molecular weight is 470 g/mol. The van der Waals surface area contributed by atoms with Gasteiger partial charge in [-0.1, -0.05) is 31.4 Å². The van der Waals surface area contributed by atoms with Crippen LogP contribution in [-0.2, 0) is 0 Å². The number of benzene rings is 2. The van der Waals surface area contributed by atoms with Gasteiger partial charge in [-0.25, -0.2) is 0 Å². The highest BCUT2D eigenvalue weighted by molar-refractivity contribution is 9.10. The fourth-order valence-electron chi connectivity index (χ4n) is 4.38. The second kappa shape index (κ2) is 9.65. The Morgan fingerprint density at radius 2 is 1.60 bits per heavy atom. The van der Waals surface area contributed by atoms with E-state index in [2.05, 4.69) is 31.5 Å². The lowest BCUT2D eigenvalue weighted by Crippen LogP contribution is -2.37. The Hall–Kier alpha value is -2.34. The fourth-order valence-corrected chi connectivity index (χ4v) is 4.85. The molecule has 0 aromatic heterocycles. The summed E-state index contributed by atoms with van der Waals surface area (Å²) >= 11 is 3.43. The predicted molar refractivity (Wildman–Crippen MR) is 124 cm³/mol. The number of anilines is 2. The minimum atomic E-state index is -0.199. The summed E-state index contributed by atoms with van der Waals surface area (Å²) in [7, 11) is 0. The van der Waals surface area contributed by atoms with Crippen LogP contribution in [0.1, 0.15) is 65.7 Å². The molecule has 2 fully saturated rings. The number of nitrogens with zero attached hydrogens (tertiary/aromatic N) is 1. The van der Waals surface area contributed by atoms with Gasteiger partial charge in [0.25, 0.3) is 11.8 Å². The zero-order chi connectivity index (χ0) is 20.9. The molecule has 2 aliphatic rings. The minimum absolute atomic E-state index is 0.0409. The first-order valence-corrected chi connectivity index (χ1v) is 11.7. The summed E-state index contributed by atoms with van der Waals surface area (Å²) in [5.41, 5.74) is 2.80. The summed E-state index contributed by atoms with van der Waals surface area (Å²) in [6.07, 6.45) is 7.97. The first kappa shape index (κ1) is 20.9. The van der Waals surface area contributed by atoms with E-state index in [1.807, 2.05) is 36.4 Å². The van der Waals surface area contributed by atoms with Gasteiger partial charge in [-0.05, 0) is 71.9 Å². The maximum Gasteiger partial charge on any atom is 0.256 e. The van der Waals surface area contributed by atoms with Gasteiger partial charge in [0, 0.05) is 35.0 Å². The monoisotopic (exact) mass is 469 g/mol. The molecule has 2 aromatic rings. The molecule has 1 aliphatic heterocycles. The third-order valence-corrected chi connectivity index (χ3v) is 6.70. The minimum Gasteiger partial charge on any atom is -0.371 e. The summed E-state index contributed by atoms with van der Waals surface area (Å²) in [6.45, 7) is 1.93. The second-order valence-electron chi connectivity index (χ2n) is 8.17. The molecule has 158 valence electrons. The lowest BCUT2D eigenvalue weighted by Gasteiger charge is -2.26. The highest BCUT2D eigenvalue weighted by atomic mass is 79.9. The molecule has 2 N–H and O–H groups in total. The standard InChI is InChI=1S/C24H28BrN3O2/c25-21-11-5-4-10-19(21)23(29)27-18-12-13-22(28-14-6-7-15-28)20(16-18)24(30)26-17-8-2-1-3-9-17/h4-5,10-13,16-17H,1-3,6-9,14-15H2,(H,26,30)(H,27,29). The Morgan fingerprint density at radius 1 is 0.867 bits per heavy atom.